The fourth-order valence-corrected chi connectivity index (χ4v) is 4.78. The lowest BCUT2D eigenvalue weighted by atomic mass is 10.1. The summed E-state index contributed by atoms with van der Waals surface area (Å²) in [6, 6.07) is 16.0. The number of furan rings is 1. The largest absolute Gasteiger partial charge is 0.507 e. The number of fused-ring (bicyclic) bond motifs is 1. The van der Waals surface area contributed by atoms with Gasteiger partial charge in [0.05, 0.1) is 10.5 Å². The fraction of sp³-hybridized carbons (Fsp3) is 0.167. The third kappa shape index (κ3) is 3.78. The molecular formula is C24H20N2O4S. The first-order valence-corrected chi connectivity index (χ1v) is 10.9. The number of nitrogens with zero attached hydrogens (tertiary/aromatic N) is 1. The second kappa shape index (κ2) is 8.09. The average Bonchev–Trinajstić information content (AvgIpc) is 3.39. The third-order valence-electron chi connectivity index (χ3n) is 5.39. The lowest BCUT2D eigenvalue weighted by molar-refractivity contribution is 0.0732. The second-order valence-corrected chi connectivity index (χ2v) is 8.50. The van der Waals surface area contributed by atoms with Crippen LogP contribution in [0, 0.1) is 0 Å². The molecule has 7 heteroatoms. The Balaban J connectivity index is 1.40. The van der Waals surface area contributed by atoms with Crippen LogP contribution in [0.1, 0.15) is 26.5 Å². The smallest absolute Gasteiger partial charge is 0.257 e. The number of phenols is 1. The van der Waals surface area contributed by atoms with Crippen LogP contribution in [0.25, 0.3) is 17.4 Å². The van der Waals surface area contributed by atoms with Gasteiger partial charge in [-0.15, -0.1) is 0 Å². The van der Waals surface area contributed by atoms with Gasteiger partial charge in [0.2, 0.25) is 5.78 Å². The molecule has 1 fully saturated rings. The number of piperazine rings is 1. The summed E-state index contributed by atoms with van der Waals surface area (Å²) in [6.07, 6.45) is 1.74. The molecule has 1 amide bonds. The van der Waals surface area contributed by atoms with Crippen LogP contribution >= 0.6 is 11.8 Å². The molecule has 2 aromatic carbocycles. The van der Waals surface area contributed by atoms with E-state index in [1.54, 1.807) is 35.2 Å². The number of allylic oxidation sites excluding steroid dienone is 1. The Hall–Kier alpha value is -3.29. The van der Waals surface area contributed by atoms with Gasteiger partial charge in [-0.25, -0.2) is 0 Å². The van der Waals surface area contributed by atoms with Gasteiger partial charge in [-0.1, -0.05) is 23.9 Å². The predicted molar refractivity (Wildman–Crippen MR) is 119 cm³/mol. The van der Waals surface area contributed by atoms with Crippen molar-refractivity contribution in [3.05, 3.63) is 76.4 Å². The molecule has 1 saturated heterocycles. The summed E-state index contributed by atoms with van der Waals surface area (Å²) >= 11 is 1.43. The van der Waals surface area contributed by atoms with E-state index >= 15 is 0 Å². The minimum absolute atomic E-state index is 0.00733. The number of thioether (sulfide) groups is 1. The topological polar surface area (TPSA) is 82.8 Å². The number of phenolic OH excluding ortho intramolecular Hbond substituents is 1. The number of rotatable bonds is 3. The monoisotopic (exact) mass is 432 g/mol. The SMILES string of the molecule is O=C1/C(=C/c2ccc(-c3ccc(O)c(C(=O)N4CCNCC4)c3)o2)Sc2ccccc21. The molecule has 31 heavy (non-hydrogen) atoms. The maximum absolute atomic E-state index is 12.8. The molecule has 0 aliphatic carbocycles. The highest BCUT2D eigenvalue weighted by Crippen LogP contribution is 2.41. The first-order chi connectivity index (χ1) is 15.1. The van der Waals surface area contributed by atoms with E-state index in [2.05, 4.69) is 5.32 Å². The minimum atomic E-state index is -0.194. The molecule has 0 unspecified atom stereocenters. The van der Waals surface area contributed by atoms with E-state index in [0.717, 1.165) is 18.0 Å². The zero-order chi connectivity index (χ0) is 21.4. The van der Waals surface area contributed by atoms with Crippen molar-refractivity contribution in [1.29, 1.82) is 0 Å². The Labute approximate surface area is 183 Å². The molecular weight excluding hydrogens is 412 g/mol. The molecule has 0 radical (unpaired) electrons. The van der Waals surface area contributed by atoms with Crippen molar-refractivity contribution in [2.45, 2.75) is 4.90 Å². The summed E-state index contributed by atoms with van der Waals surface area (Å²) < 4.78 is 5.94. The Morgan fingerprint density at radius 3 is 2.71 bits per heavy atom. The van der Waals surface area contributed by atoms with Crippen molar-refractivity contribution in [2.24, 2.45) is 0 Å². The highest BCUT2D eigenvalue weighted by molar-refractivity contribution is 8.04. The van der Waals surface area contributed by atoms with Crippen LogP contribution in [0.2, 0.25) is 0 Å². The van der Waals surface area contributed by atoms with Gasteiger partial charge in [0, 0.05) is 42.2 Å². The Kier molecular flexibility index (Phi) is 5.13. The van der Waals surface area contributed by atoms with Crippen LogP contribution in [0.3, 0.4) is 0 Å². The van der Waals surface area contributed by atoms with Crippen molar-refractivity contribution in [3.63, 3.8) is 0 Å². The van der Waals surface area contributed by atoms with Crippen LogP contribution in [0.5, 0.6) is 5.75 Å². The lowest BCUT2D eigenvalue weighted by Gasteiger charge is -2.27. The number of carbonyl (C=O) groups excluding carboxylic acids is 2. The Bertz CT molecular complexity index is 1210. The molecule has 5 rings (SSSR count). The highest BCUT2D eigenvalue weighted by Gasteiger charge is 2.26. The van der Waals surface area contributed by atoms with Gasteiger partial charge in [0.1, 0.15) is 17.3 Å². The number of hydrogen-bond acceptors (Lipinski definition) is 6. The highest BCUT2D eigenvalue weighted by atomic mass is 32.2. The average molecular weight is 433 g/mol. The van der Waals surface area contributed by atoms with Crippen LogP contribution in [-0.2, 0) is 0 Å². The number of aromatic hydroxyl groups is 1. The van der Waals surface area contributed by atoms with Gasteiger partial charge in [0.15, 0.2) is 0 Å². The van der Waals surface area contributed by atoms with Crippen LogP contribution in [0.15, 0.2) is 68.8 Å². The summed E-state index contributed by atoms with van der Waals surface area (Å²) in [4.78, 5) is 28.7. The molecule has 0 bridgehead atoms. The molecule has 0 spiro atoms. The van der Waals surface area contributed by atoms with E-state index in [9.17, 15) is 14.7 Å². The molecule has 6 nitrogen and oxygen atoms in total. The first-order valence-electron chi connectivity index (χ1n) is 10.1. The number of Topliss-reactive ketones (excluding diaryl/α,β-unsaturated/α-hetero) is 1. The molecule has 2 aliphatic heterocycles. The van der Waals surface area contributed by atoms with Gasteiger partial charge >= 0.3 is 0 Å². The number of benzene rings is 2. The van der Waals surface area contributed by atoms with E-state index in [1.165, 1.54) is 17.8 Å². The maximum Gasteiger partial charge on any atom is 0.257 e. The van der Waals surface area contributed by atoms with Crippen molar-refractivity contribution in [1.82, 2.24) is 10.2 Å². The normalized spacial score (nSPS) is 17.2. The predicted octanol–water partition coefficient (Wildman–Crippen LogP) is 4.03. The maximum atomic E-state index is 12.8. The standard InChI is InChI=1S/C24H20N2O4S/c27-19-7-5-15(13-18(19)24(29)26-11-9-25-10-12-26)20-8-6-16(30-20)14-22-23(28)17-3-1-2-4-21(17)31-22/h1-8,13-14,25,27H,9-12H2/b22-14-. The van der Waals surface area contributed by atoms with E-state index < -0.39 is 0 Å². The van der Waals surface area contributed by atoms with Gasteiger partial charge < -0.3 is 19.7 Å². The minimum Gasteiger partial charge on any atom is -0.507 e. The molecule has 2 aliphatic rings. The third-order valence-corrected chi connectivity index (χ3v) is 6.49. The summed E-state index contributed by atoms with van der Waals surface area (Å²) in [5.41, 5.74) is 1.66. The van der Waals surface area contributed by atoms with Crippen LogP contribution in [0.4, 0.5) is 0 Å². The molecule has 3 heterocycles. The van der Waals surface area contributed by atoms with Gasteiger partial charge in [-0.05, 0) is 48.5 Å². The molecule has 0 atom stereocenters. The molecule has 156 valence electrons. The van der Waals surface area contributed by atoms with Crippen LogP contribution in [-0.4, -0.2) is 47.9 Å². The zero-order valence-corrected chi connectivity index (χ0v) is 17.4. The van der Waals surface area contributed by atoms with E-state index in [-0.39, 0.29) is 23.0 Å². The van der Waals surface area contributed by atoms with Crippen molar-refractivity contribution < 1.29 is 19.1 Å². The lowest BCUT2D eigenvalue weighted by Crippen LogP contribution is -2.46. The van der Waals surface area contributed by atoms with E-state index in [4.69, 9.17) is 4.42 Å². The number of carbonyl (C=O) groups is 2. The number of nitrogens with one attached hydrogen (secondary N) is 1. The summed E-state index contributed by atoms with van der Waals surface area (Å²) in [5.74, 6) is 0.871. The van der Waals surface area contributed by atoms with Crippen LogP contribution < -0.4 is 5.32 Å². The first kappa shape index (κ1) is 19.7. The van der Waals surface area contributed by atoms with Crippen molar-refractivity contribution >= 4 is 29.5 Å². The van der Waals surface area contributed by atoms with Crippen molar-refractivity contribution in [3.8, 4) is 17.1 Å². The van der Waals surface area contributed by atoms with E-state index in [0.29, 0.717) is 40.6 Å². The number of ketones is 1. The second-order valence-electron chi connectivity index (χ2n) is 7.41. The molecule has 2 N–H and O–H groups in total. The Morgan fingerprint density at radius 2 is 1.90 bits per heavy atom. The summed E-state index contributed by atoms with van der Waals surface area (Å²) in [7, 11) is 0. The number of hydrogen-bond donors (Lipinski definition) is 2. The van der Waals surface area contributed by atoms with Crippen molar-refractivity contribution in [2.75, 3.05) is 26.2 Å². The Morgan fingerprint density at radius 1 is 1.10 bits per heavy atom. The molecule has 3 aromatic rings. The summed E-state index contributed by atoms with van der Waals surface area (Å²) in [6.45, 7) is 2.69. The van der Waals surface area contributed by atoms with Gasteiger partial charge in [-0.3, -0.25) is 9.59 Å². The number of amides is 1. The fourth-order valence-electron chi connectivity index (χ4n) is 3.75. The van der Waals surface area contributed by atoms with Gasteiger partial charge in [-0.2, -0.15) is 0 Å². The molecule has 1 aromatic heterocycles. The van der Waals surface area contributed by atoms with E-state index in [1.807, 2.05) is 24.3 Å². The zero-order valence-electron chi connectivity index (χ0n) is 16.6. The quantitative estimate of drug-likeness (QED) is 0.608. The molecule has 0 saturated carbocycles. The summed E-state index contributed by atoms with van der Waals surface area (Å²) in [5, 5.41) is 13.5. The van der Waals surface area contributed by atoms with Gasteiger partial charge in [0.25, 0.3) is 5.91 Å².